The highest BCUT2D eigenvalue weighted by Crippen LogP contribution is 2.47. The highest BCUT2D eigenvalue weighted by Gasteiger charge is 2.49. The minimum atomic E-state index is -0.971. The van der Waals surface area contributed by atoms with Gasteiger partial charge in [-0.2, -0.15) is 5.10 Å². The molecule has 2 fully saturated rings. The second-order valence-corrected chi connectivity index (χ2v) is 11.0. The first-order chi connectivity index (χ1) is 18.0. The molecule has 3 aliphatic rings. The van der Waals surface area contributed by atoms with Crippen LogP contribution in [-0.4, -0.2) is 44.6 Å². The summed E-state index contributed by atoms with van der Waals surface area (Å²) in [7, 11) is 1.91. The van der Waals surface area contributed by atoms with Crippen LogP contribution in [0.25, 0.3) is 22.0 Å². The van der Waals surface area contributed by atoms with Crippen LogP contribution in [0.15, 0.2) is 72.9 Å². The van der Waals surface area contributed by atoms with Crippen LogP contribution in [0.5, 0.6) is 0 Å². The molecule has 6 heteroatoms. The summed E-state index contributed by atoms with van der Waals surface area (Å²) in [4.78, 5) is 15.5. The maximum absolute atomic E-state index is 13.5. The van der Waals surface area contributed by atoms with Gasteiger partial charge >= 0.3 is 6.09 Å². The molecule has 7 rings (SSSR count). The van der Waals surface area contributed by atoms with E-state index in [4.69, 9.17) is 4.74 Å². The molecular formula is C31H31N3O3. The number of fused-ring (bicyclic) bond motifs is 6. The zero-order valence-electron chi connectivity index (χ0n) is 21.0. The highest BCUT2D eigenvalue weighted by atomic mass is 16.6. The molecule has 37 heavy (non-hydrogen) atoms. The molecule has 2 saturated heterocycles. The minimum Gasteiger partial charge on any atom is -0.448 e. The van der Waals surface area contributed by atoms with Crippen molar-refractivity contribution >= 4 is 17.0 Å². The molecule has 2 bridgehead atoms. The van der Waals surface area contributed by atoms with E-state index in [1.54, 1.807) is 4.68 Å². The number of ether oxygens (including phenoxy) is 1. The van der Waals surface area contributed by atoms with Crippen molar-refractivity contribution in [2.24, 2.45) is 7.05 Å². The maximum Gasteiger partial charge on any atom is 0.410 e. The maximum atomic E-state index is 13.5. The monoisotopic (exact) mass is 493 g/mol. The van der Waals surface area contributed by atoms with Gasteiger partial charge in [0.25, 0.3) is 0 Å². The van der Waals surface area contributed by atoms with Crippen LogP contribution in [0.1, 0.15) is 54.7 Å². The predicted molar refractivity (Wildman–Crippen MR) is 142 cm³/mol. The highest BCUT2D eigenvalue weighted by molar-refractivity contribution is 5.80. The molecule has 4 aromatic rings. The van der Waals surface area contributed by atoms with Crippen molar-refractivity contribution < 1.29 is 14.6 Å². The number of rotatable bonds is 3. The standard InChI is InChI=1S/C31H31N3O3/c1-33-18-20-13-14-21(15-29(20)32-33)31(36)16-22-7-6-8-23(17-31)34(22)30(35)37-19-28-26-11-4-2-9-24(26)25-10-3-5-12-27(25)28/h2-5,9-15,18,22-23,28,36H,6-8,16-17,19H2,1H3. The number of aryl methyl sites for hydroxylation is 1. The molecule has 3 aromatic carbocycles. The summed E-state index contributed by atoms with van der Waals surface area (Å²) in [5, 5.41) is 17.4. The fourth-order valence-corrected chi connectivity index (χ4v) is 7.06. The Kier molecular flexibility index (Phi) is 5.15. The van der Waals surface area contributed by atoms with E-state index < -0.39 is 5.60 Å². The van der Waals surface area contributed by atoms with Crippen LogP contribution in [0.4, 0.5) is 4.79 Å². The quantitative estimate of drug-likeness (QED) is 0.396. The summed E-state index contributed by atoms with van der Waals surface area (Å²) in [6.45, 7) is 0.323. The lowest BCUT2D eigenvalue weighted by Crippen LogP contribution is -2.59. The van der Waals surface area contributed by atoms with Gasteiger partial charge in [0, 0.05) is 49.5 Å². The molecule has 1 aromatic heterocycles. The third kappa shape index (κ3) is 3.65. The second-order valence-electron chi connectivity index (χ2n) is 11.0. The van der Waals surface area contributed by atoms with Gasteiger partial charge in [-0.05, 0) is 53.1 Å². The van der Waals surface area contributed by atoms with Gasteiger partial charge < -0.3 is 14.7 Å². The first-order valence-corrected chi connectivity index (χ1v) is 13.3. The Morgan fingerprint density at radius 1 is 1.00 bits per heavy atom. The Balaban J connectivity index is 1.11. The third-order valence-electron chi connectivity index (χ3n) is 8.71. The molecule has 188 valence electrons. The summed E-state index contributed by atoms with van der Waals surface area (Å²) in [5.74, 6) is 0.0445. The Bertz CT molecular complexity index is 1450. The van der Waals surface area contributed by atoms with Crippen LogP contribution < -0.4 is 0 Å². The fraction of sp³-hybridized carbons (Fsp3) is 0.355. The summed E-state index contributed by atoms with van der Waals surface area (Å²) < 4.78 is 7.84. The van der Waals surface area contributed by atoms with Gasteiger partial charge in [-0.3, -0.25) is 4.68 Å². The van der Waals surface area contributed by atoms with E-state index >= 15 is 0 Å². The van der Waals surface area contributed by atoms with E-state index in [1.807, 2.05) is 36.3 Å². The summed E-state index contributed by atoms with van der Waals surface area (Å²) in [5.41, 5.74) is 5.69. The Morgan fingerprint density at radius 3 is 2.32 bits per heavy atom. The van der Waals surface area contributed by atoms with E-state index in [1.165, 1.54) is 22.3 Å². The van der Waals surface area contributed by atoms with E-state index in [0.29, 0.717) is 19.4 Å². The predicted octanol–water partition coefficient (Wildman–Crippen LogP) is 5.73. The normalized spacial score (nSPS) is 24.6. The Hall–Kier alpha value is -3.64. The Labute approximate surface area is 216 Å². The van der Waals surface area contributed by atoms with Gasteiger partial charge in [0.2, 0.25) is 0 Å². The fourth-order valence-electron chi connectivity index (χ4n) is 7.06. The molecular weight excluding hydrogens is 462 g/mol. The Morgan fingerprint density at radius 2 is 1.65 bits per heavy atom. The molecule has 1 N–H and O–H groups in total. The van der Waals surface area contributed by atoms with E-state index in [0.717, 1.165) is 35.7 Å². The first-order valence-electron chi connectivity index (χ1n) is 13.3. The van der Waals surface area contributed by atoms with Crippen molar-refractivity contribution in [3.63, 3.8) is 0 Å². The van der Waals surface area contributed by atoms with Crippen molar-refractivity contribution in [2.75, 3.05) is 6.61 Å². The lowest BCUT2D eigenvalue weighted by Gasteiger charge is -2.51. The van der Waals surface area contributed by atoms with Gasteiger partial charge in [-0.1, -0.05) is 60.7 Å². The van der Waals surface area contributed by atoms with Crippen molar-refractivity contribution in [2.45, 2.75) is 55.7 Å². The molecule has 0 spiro atoms. The number of aromatic nitrogens is 2. The SMILES string of the molecule is Cn1cc2ccc(C3(O)CC4CCCC(C3)N4C(=O)OCC3c4ccccc4-c4ccccc43)cc2n1. The molecule has 2 unspecified atom stereocenters. The number of hydrogen-bond donors (Lipinski definition) is 1. The van der Waals surface area contributed by atoms with Crippen molar-refractivity contribution in [3.05, 3.63) is 89.6 Å². The number of hydrogen-bond acceptors (Lipinski definition) is 4. The molecule has 3 heterocycles. The van der Waals surface area contributed by atoms with Gasteiger partial charge in [0.1, 0.15) is 6.61 Å². The van der Waals surface area contributed by atoms with Crippen molar-refractivity contribution in [3.8, 4) is 11.1 Å². The average molecular weight is 494 g/mol. The number of amides is 1. The summed E-state index contributed by atoms with van der Waals surface area (Å²) in [6.07, 6.45) is 5.61. The van der Waals surface area contributed by atoms with Crippen LogP contribution >= 0.6 is 0 Å². The molecule has 0 saturated carbocycles. The molecule has 2 atom stereocenters. The number of aliphatic hydroxyl groups is 1. The molecule has 2 aliphatic heterocycles. The topological polar surface area (TPSA) is 67.6 Å². The number of carbonyl (C=O) groups is 1. The number of benzene rings is 3. The smallest absolute Gasteiger partial charge is 0.410 e. The van der Waals surface area contributed by atoms with E-state index in [-0.39, 0.29) is 24.1 Å². The zero-order valence-corrected chi connectivity index (χ0v) is 21.0. The minimum absolute atomic E-state index is 0.0346. The number of nitrogens with zero attached hydrogens (tertiary/aromatic N) is 3. The van der Waals surface area contributed by atoms with Crippen LogP contribution in [0.2, 0.25) is 0 Å². The summed E-state index contributed by atoms with van der Waals surface area (Å²) in [6, 6.07) is 22.8. The number of carbonyl (C=O) groups excluding carboxylic acids is 1. The lowest BCUT2D eigenvalue weighted by atomic mass is 9.72. The average Bonchev–Trinajstić information content (AvgIpc) is 3.43. The molecule has 1 aliphatic carbocycles. The second kappa shape index (κ2) is 8.45. The third-order valence-corrected chi connectivity index (χ3v) is 8.71. The van der Waals surface area contributed by atoms with Crippen LogP contribution in [0.3, 0.4) is 0 Å². The van der Waals surface area contributed by atoms with Gasteiger partial charge in [-0.15, -0.1) is 0 Å². The van der Waals surface area contributed by atoms with Crippen molar-refractivity contribution in [1.29, 1.82) is 0 Å². The first kappa shape index (κ1) is 22.5. The van der Waals surface area contributed by atoms with Gasteiger partial charge in [-0.25, -0.2) is 4.79 Å². The van der Waals surface area contributed by atoms with Crippen molar-refractivity contribution in [1.82, 2.24) is 14.7 Å². The lowest BCUT2D eigenvalue weighted by molar-refractivity contribution is -0.0890. The largest absolute Gasteiger partial charge is 0.448 e. The molecule has 0 radical (unpaired) electrons. The van der Waals surface area contributed by atoms with E-state index in [9.17, 15) is 9.90 Å². The van der Waals surface area contributed by atoms with E-state index in [2.05, 4.69) is 53.6 Å². The van der Waals surface area contributed by atoms with Crippen LogP contribution in [0, 0.1) is 0 Å². The molecule has 6 nitrogen and oxygen atoms in total. The molecule has 1 amide bonds. The number of piperidine rings is 2. The summed E-state index contributed by atoms with van der Waals surface area (Å²) >= 11 is 0. The van der Waals surface area contributed by atoms with Crippen LogP contribution in [-0.2, 0) is 17.4 Å². The van der Waals surface area contributed by atoms with Gasteiger partial charge in [0.15, 0.2) is 0 Å². The zero-order chi connectivity index (χ0) is 25.1. The van der Waals surface area contributed by atoms with Gasteiger partial charge in [0.05, 0.1) is 11.1 Å².